The van der Waals surface area contributed by atoms with Gasteiger partial charge in [0, 0.05) is 11.3 Å². The van der Waals surface area contributed by atoms with Gasteiger partial charge in [0.05, 0.1) is 26.9 Å². The van der Waals surface area contributed by atoms with Crippen molar-refractivity contribution in [1.29, 1.82) is 0 Å². The Morgan fingerprint density at radius 2 is 1.93 bits per heavy atom. The fourth-order valence-electron chi connectivity index (χ4n) is 3.36. The summed E-state index contributed by atoms with van der Waals surface area (Å²) in [6, 6.07) is 13.4. The molecule has 0 unspecified atom stereocenters. The molecule has 1 fully saturated rings. The first kappa shape index (κ1) is 20.5. The summed E-state index contributed by atoms with van der Waals surface area (Å²) in [6.45, 7) is 5.81. The van der Waals surface area contributed by atoms with Crippen molar-refractivity contribution in [3.63, 3.8) is 0 Å². The third-order valence-electron chi connectivity index (χ3n) is 5.04. The lowest BCUT2D eigenvalue weighted by Gasteiger charge is -2.32. The van der Waals surface area contributed by atoms with E-state index in [4.69, 9.17) is 21.7 Å². The van der Waals surface area contributed by atoms with Crippen molar-refractivity contribution >= 4 is 23.0 Å². The SMILES string of the molecule is COc1ccc([C@H](CNC(=S)Nc2ccc(C)c(F)c2)[NH+]2CCOCC2)cc1. The molecule has 5 nitrogen and oxygen atoms in total. The molecule has 0 bridgehead atoms. The zero-order valence-electron chi connectivity index (χ0n) is 16.3. The van der Waals surface area contributed by atoms with E-state index in [1.165, 1.54) is 16.5 Å². The van der Waals surface area contributed by atoms with Gasteiger partial charge in [-0.1, -0.05) is 6.07 Å². The molecule has 1 saturated heterocycles. The van der Waals surface area contributed by atoms with E-state index in [9.17, 15) is 4.39 Å². The van der Waals surface area contributed by atoms with Gasteiger partial charge in [0.25, 0.3) is 0 Å². The number of methoxy groups -OCH3 is 1. The number of quaternary nitrogens is 1. The minimum Gasteiger partial charge on any atom is -0.497 e. The van der Waals surface area contributed by atoms with E-state index in [-0.39, 0.29) is 11.9 Å². The molecule has 2 aromatic rings. The second kappa shape index (κ2) is 9.82. The van der Waals surface area contributed by atoms with Gasteiger partial charge in [-0.15, -0.1) is 0 Å². The van der Waals surface area contributed by atoms with Crippen LogP contribution in [0.3, 0.4) is 0 Å². The number of halogens is 1. The fourth-order valence-corrected chi connectivity index (χ4v) is 3.56. The van der Waals surface area contributed by atoms with Crippen molar-refractivity contribution in [2.45, 2.75) is 13.0 Å². The largest absolute Gasteiger partial charge is 0.497 e. The van der Waals surface area contributed by atoms with Crippen molar-refractivity contribution in [2.24, 2.45) is 0 Å². The quantitative estimate of drug-likeness (QED) is 0.644. The summed E-state index contributed by atoms with van der Waals surface area (Å²) in [6.07, 6.45) is 0. The van der Waals surface area contributed by atoms with Crippen LogP contribution < -0.4 is 20.3 Å². The van der Waals surface area contributed by atoms with E-state index in [1.807, 2.05) is 18.2 Å². The molecule has 0 saturated carbocycles. The number of hydrogen-bond donors (Lipinski definition) is 3. The highest BCUT2D eigenvalue weighted by molar-refractivity contribution is 7.80. The number of nitrogens with one attached hydrogen (secondary N) is 3. The molecule has 1 atom stereocenters. The highest BCUT2D eigenvalue weighted by atomic mass is 32.1. The number of ether oxygens (including phenoxy) is 2. The second-order valence-electron chi connectivity index (χ2n) is 6.90. The number of aryl methyl sites for hydroxylation is 1. The van der Waals surface area contributed by atoms with Gasteiger partial charge in [0.15, 0.2) is 5.11 Å². The summed E-state index contributed by atoms with van der Waals surface area (Å²) < 4.78 is 24.5. The molecule has 0 amide bonds. The van der Waals surface area contributed by atoms with Gasteiger partial charge in [-0.25, -0.2) is 4.39 Å². The molecule has 3 N–H and O–H groups in total. The Morgan fingerprint density at radius 3 is 2.57 bits per heavy atom. The molecular formula is C21H27FN3O2S+. The van der Waals surface area contributed by atoms with Gasteiger partial charge in [0.2, 0.25) is 0 Å². The first-order valence-corrected chi connectivity index (χ1v) is 9.85. The van der Waals surface area contributed by atoms with Crippen LogP contribution in [0.15, 0.2) is 42.5 Å². The average molecular weight is 405 g/mol. The molecule has 28 heavy (non-hydrogen) atoms. The topological polar surface area (TPSA) is 47.0 Å². The second-order valence-corrected chi connectivity index (χ2v) is 7.30. The van der Waals surface area contributed by atoms with Crippen LogP contribution in [0.2, 0.25) is 0 Å². The molecule has 1 aliphatic rings. The van der Waals surface area contributed by atoms with Gasteiger partial charge in [-0.3, -0.25) is 0 Å². The van der Waals surface area contributed by atoms with Crippen molar-refractivity contribution in [3.05, 3.63) is 59.4 Å². The van der Waals surface area contributed by atoms with Crippen LogP contribution in [-0.2, 0) is 4.74 Å². The maximum atomic E-state index is 13.7. The van der Waals surface area contributed by atoms with E-state index in [2.05, 4.69) is 22.8 Å². The fraction of sp³-hybridized carbons (Fsp3) is 0.381. The molecular weight excluding hydrogens is 377 g/mol. The molecule has 0 aromatic heterocycles. The predicted molar refractivity (Wildman–Crippen MR) is 113 cm³/mol. The third-order valence-corrected chi connectivity index (χ3v) is 5.29. The standard InChI is InChI=1S/C21H26FN3O2S/c1-15-3-6-17(13-19(15)22)24-21(28)23-14-20(25-9-11-27-12-10-25)16-4-7-18(26-2)8-5-16/h3-8,13,20H,9-12,14H2,1-2H3,(H2,23,24,28)/p+1/t20-/m0/s1. The molecule has 2 aromatic carbocycles. The number of hydrogen-bond acceptors (Lipinski definition) is 3. The van der Waals surface area contributed by atoms with Crippen LogP contribution in [0.1, 0.15) is 17.2 Å². The minimum atomic E-state index is -0.248. The van der Waals surface area contributed by atoms with Gasteiger partial charge >= 0.3 is 0 Å². The Hall–Kier alpha value is -2.22. The van der Waals surface area contributed by atoms with Crippen LogP contribution in [0.5, 0.6) is 5.75 Å². The van der Waals surface area contributed by atoms with Crippen LogP contribution in [0.4, 0.5) is 10.1 Å². The zero-order chi connectivity index (χ0) is 19.9. The van der Waals surface area contributed by atoms with E-state index in [0.717, 1.165) is 32.1 Å². The summed E-state index contributed by atoms with van der Waals surface area (Å²) in [5.41, 5.74) is 2.47. The molecule has 7 heteroatoms. The smallest absolute Gasteiger partial charge is 0.171 e. The summed E-state index contributed by atoms with van der Waals surface area (Å²) in [5, 5.41) is 6.84. The van der Waals surface area contributed by atoms with Gasteiger partial charge in [-0.2, -0.15) is 0 Å². The Morgan fingerprint density at radius 1 is 1.21 bits per heavy atom. The Labute approximate surface area is 170 Å². The number of anilines is 1. The number of rotatable bonds is 6. The lowest BCUT2D eigenvalue weighted by atomic mass is 10.0. The van der Waals surface area contributed by atoms with Crippen LogP contribution in [0.25, 0.3) is 0 Å². The van der Waals surface area contributed by atoms with Crippen LogP contribution in [-0.4, -0.2) is 45.1 Å². The number of benzene rings is 2. The molecule has 0 aliphatic carbocycles. The summed E-state index contributed by atoms with van der Waals surface area (Å²) in [7, 11) is 1.67. The van der Waals surface area contributed by atoms with Gasteiger partial charge < -0.3 is 25.0 Å². The molecule has 1 heterocycles. The van der Waals surface area contributed by atoms with Crippen molar-refractivity contribution < 1.29 is 18.8 Å². The van der Waals surface area contributed by atoms with Crippen molar-refractivity contribution in [1.82, 2.24) is 5.32 Å². The third kappa shape index (κ3) is 5.41. The van der Waals surface area contributed by atoms with E-state index < -0.39 is 0 Å². The van der Waals surface area contributed by atoms with Crippen LogP contribution in [0, 0.1) is 12.7 Å². The van der Waals surface area contributed by atoms with Crippen molar-refractivity contribution in [2.75, 3.05) is 45.3 Å². The van der Waals surface area contributed by atoms with Crippen LogP contribution >= 0.6 is 12.2 Å². The highest BCUT2D eigenvalue weighted by Crippen LogP contribution is 2.16. The summed E-state index contributed by atoms with van der Waals surface area (Å²) in [5.74, 6) is 0.590. The monoisotopic (exact) mass is 404 g/mol. The normalized spacial score (nSPS) is 15.7. The van der Waals surface area contributed by atoms with Crippen molar-refractivity contribution in [3.8, 4) is 5.75 Å². The Balaban J connectivity index is 1.66. The minimum absolute atomic E-state index is 0.226. The lowest BCUT2D eigenvalue weighted by Crippen LogP contribution is -3.15. The average Bonchev–Trinajstić information content (AvgIpc) is 2.72. The maximum Gasteiger partial charge on any atom is 0.171 e. The summed E-state index contributed by atoms with van der Waals surface area (Å²) >= 11 is 5.42. The Bertz CT molecular complexity index is 795. The van der Waals surface area contributed by atoms with E-state index >= 15 is 0 Å². The molecule has 0 radical (unpaired) electrons. The molecule has 1 aliphatic heterocycles. The number of morpholine rings is 1. The zero-order valence-corrected chi connectivity index (χ0v) is 17.1. The molecule has 150 valence electrons. The first-order valence-electron chi connectivity index (χ1n) is 9.44. The van der Waals surface area contributed by atoms with Gasteiger partial charge in [-0.05, 0) is 61.1 Å². The Kier molecular flexibility index (Phi) is 7.19. The highest BCUT2D eigenvalue weighted by Gasteiger charge is 2.26. The molecule has 3 rings (SSSR count). The van der Waals surface area contributed by atoms with E-state index in [1.54, 1.807) is 20.1 Å². The summed E-state index contributed by atoms with van der Waals surface area (Å²) in [4.78, 5) is 1.45. The molecule has 0 spiro atoms. The lowest BCUT2D eigenvalue weighted by molar-refractivity contribution is -0.937. The van der Waals surface area contributed by atoms with E-state index in [0.29, 0.717) is 22.9 Å². The maximum absolute atomic E-state index is 13.7. The predicted octanol–water partition coefficient (Wildman–Crippen LogP) is 2.09. The number of thiocarbonyl (C=S) groups is 1. The van der Waals surface area contributed by atoms with Gasteiger partial charge in [0.1, 0.15) is 30.7 Å². The first-order chi connectivity index (χ1) is 13.6.